The zero-order chi connectivity index (χ0) is 18.1. The molecule has 0 amide bonds. The van der Waals surface area contributed by atoms with E-state index < -0.39 is 0 Å². The number of fused-ring (bicyclic) bond motifs is 2. The van der Waals surface area contributed by atoms with Gasteiger partial charge in [0.2, 0.25) is 0 Å². The number of aromatic nitrogens is 4. The predicted molar refractivity (Wildman–Crippen MR) is 99.3 cm³/mol. The summed E-state index contributed by atoms with van der Waals surface area (Å²) in [6.45, 7) is 4.88. The van der Waals surface area contributed by atoms with Crippen LogP contribution in [0, 0.1) is 0 Å². The SMILES string of the molecule is CCOc1ccnc2ccc(-n3c(=O)[nH]c4nccc(OCC)c43)cc12. The summed E-state index contributed by atoms with van der Waals surface area (Å²) < 4.78 is 13.0. The molecule has 0 aliphatic heterocycles. The van der Waals surface area contributed by atoms with Gasteiger partial charge in [-0.15, -0.1) is 0 Å². The van der Waals surface area contributed by atoms with E-state index in [-0.39, 0.29) is 5.69 Å². The maximum atomic E-state index is 12.6. The van der Waals surface area contributed by atoms with Gasteiger partial charge >= 0.3 is 5.69 Å². The summed E-state index contributed by atoms with van der Waals surface area (Å²) in [5.41, 5.74) is 2.31. The van der Waals surface area contributed by atoms with Gasteiger partial charge in [-0.1, -0.05) is 0 Å². The van der Waals surface area contributed by atoms with Crippen molar-refractivity contribution >= 4 is 22.1 Å². The van der Waals surface area contributed by atoms with Crippen molar-refractivity contribution in [3.05, 3.63) is 53.2 Å². The normalized spacial score (nSPS) is 11.2. The van der Waals surface area contributed by atoms with Crippen molar-refractivity contribution in [3.63, 3.8) is 0 Å². The molecule has 0 saturated heterocycles. The van der Waals surface area contributed by atoms with Crippen molar-refractivity contribution < 1.29 is 9.47 Å². The van der Waals surface area contributed by atoms with Crippen LogP contribution in [0.25, 0.3) is 27.8 Å². The van der Waals surface area contributed by atoms with E-state index in [1.54, 1.807) is 23.0 Å². The van der Waals surface area contributed by atoms with Gasteiger partial charge in [-0.25, -0.2) is 9.78 Å². The molecule has 0 atom stereocenters. The van der Waals surface area contributed by atoms with Gasteiger partial charge in [0.25, 0.3) is 0 Å². The van der Waals surface area contributed by atoms with Crippen LogP contribution in [0.1, 0.15) is 13.8 Å². The Hall–Kier alpha value is -3.35. The van der Waals surface area contributed by atoms with Crippen molar-refractivity contribution in [3.8, 4) is 17.2 Å². The Morgan fingerprint density at radius 1 is 1.00 bits per heavy atom. The molecular weight excluding hydrogens is 332 g/mol. The highest BCUT2D eigenvalue weighted by Crippen LogP contribution is 2.29. The Bertz CT molecular complexity index is 1150. The van der Waals surface area contributed by atoms with Crippen LogP contribution in [0.15, 0.2) is 47.5 Å². The van der Waals surface area contributed by atoms with Gasteiger partial charge in [0.05, 0.1) is 24.4 Å². The summed E-state index contributed by atoms with van der Waals surface area (Å²) in [5, 5.41) is 0.843. The Morgan fingerprint density at radius 2 is 1.73 bits per heavy atom. The molecule has 7 heteroatoms. The first-order valence-corrected chi connectivity index (χ1v) is 8.47. The minimum Gasteiger partial charge on any atom is -0.493 e. The highest BCUT2D eigenvalue weighted by atomic mass is 16.5. The van der Waals surface area contributed by atoms with Gasteiger partial charge in [-0.3, -0.25) is 14.5 Å². The molecular formula is C19H18N4O3. The van der Waals surface area contributed by atoms with E-state index in [2.05, 4.69) is 15.0 Å². The zero-order valence-corrected chi connectivity index (χ0v) is 14.5. The number of benzene rings is 1. The molecule has 0 bridgehead atoms. The van der Waals surface area contributed by atoms with Crippen LogP contribution in [-0.4, -0.2) is 32.7 Å². The van der Waals surface area contributed by atoms with Crippen molar-refractivity contribution in [2.45, 2.75) is 13.8 Å². The highest BCUT2D eigenvalue weighted by molar-refractivity contribution is 5.88. The van der Waals surface area contributed by atoms with Gasteiger partial charge in [-0.05, 0) is 38.1 Å². The number of hydrogen-bond acceptors (Lipinski definition) is 5. The number of nitrogens with one attached hydrogen (secondary N) is 1. The largest absolute Gasteiger partial charge is 0.493 e. The van der Waals surface area contributed by atoms with Crippen LogP contribution < -0.4 is 15.2 Å². The molecule has 4 rings (SSSR count). The predicted octanol–water partition coefficient (Wildman–Crippen LogP) is 3.06. The average Bonchev–Trinajstić information content (AvgIpc) is 2.99. The molecule has 132 valence electrons. The number of ether oxygens (including phenoxy) is 2. The van der Waals surface area contributed by atoms with Crippen LogP contribution in [0.4, 0.5) is 0 Å². The van der Waals surface area contributed by atoms with E-state index in [1.165, 1.54) is 0 Å². The molecule has 7 nitrogen and oxygen atoms in total. The van der Waals surface area contributed by atoms with E-state index in [0.717, 1.165) is 16.7 Å². The van der Waals surface area contributed by atoms with E-state index >= 15 is 0 Å². The topological polar surface area (TPSA) is 82.0 Å². The summed E-state index contributed by atoms with van der Waals surface area (Å²) in [6, 6.07) is 9.19. The Morgan fingerprint density at radius 3 is 2.54 bits per heavy atom. The smallest absolute Gasteiger partial charge is 0.332 e. The van der Waals surface area contributed by atoms with Crippen LogP contribution in [0.5, 0.6) is 11.5 Å². The molecule has 0 aliphatic carbocycles. The van der Waals surface area contributed by atoms with Crippen LogP contribution in [0.3, 0.4) is 0 Å². The lowest BCUT2D eigenvalue weighted by molar-refractivity contribution is 0.343. The number of nitrogens with zero attached hydrogens (tertiary/aromatic N) is 3. The molecule has 0 unspecified atom stereocenters. The van der Waals surface area contributed by atoms with Gasteiger partial charge < -0.3 is 9.47 Å². The maximum Gasteiger partial charge on any atom is 0.332 e. The minimum atomic E-state index is -0.277. The van der Waals surface area contributed by atoms with Crippen molar-refractivity contribution in [2.24, 2.45) is 0 Å². The quantitative estimate of drug-likeness (QED) is 0.598. The fraction of sp³-hybridized carbons (Fsp3) is 0.211. The third-order valence-corrected chi connectivity index (χ3v) is 4.08. The van der Waals surface area contributed by atoms with Gasteiger partial charge in [0.15, 0.2) is 5.65 Å². The lowest BCUT2D eigenvalue weighted by Crippen LogP contribution is -2.15. The molecule has 0 spiro atoms. The highest BCUT2D eigenvalue weighted by Gasteiger charge is 2.15. The molecule has 0 radical (unpaired) electrons. The summed E-state index contributed by atoms with van der Waals surface area (Å²) in [4.78, 5) is 24.0. The van der Waals surface area contributed by atoms with E-state index in [9.17, 15) is 4.79 Å². The maximum absolute atomic E-state index is 12.6. The summed E-state index contributed by atoms with van der Waals surface area (Å²) in [6.07, 6.45) is 3.33. The fourth-order valence-electron chi connectivity index (χ4n) is 3.05. The second-order valence-electron chi connectivity index (χ2n) is 5.65. The van der Waals surface area contributed by atoms with Crippen molar-refractivity contribution in [2.75, 3.05) is 13.2 Å². The van der Waals surface area contributed by atoms with Crippen LogP contribution in [0.2, 0.25) is 0 Å². The Labute approximate surface area is 149 Å². The van der Waals surface area contributed by atoms with E-state index in [1.807, 2.05) is 38.1 Å². The van der Waals surface area contributed by atoms with Gasteiger partial charge in [-0.2, -0.15) is 0 Å². The molecule has 0 fully saturated rings. The molecule has 3 heterocycles. The number of aromatic amines is 1. The van der Waals surface area contributed by atoms with Gasteiger partial charge in [0.1, 0.15) is 17.0 Å². The van der Waals surface area contributed by atoms with Crippen molar-refractivity contribution in [1.82, 2.24) is 19.5 Å². The van der Waals surface area contributed by atoms with Crippen LogP contribution in [-0.2, 0) is 0 Å². The molecule has 3 aromatic heterocycles. The van der Waals surface area contributed by atoms with Crippen LogP contribution >= 0.6 is 0 Å². The molecule has 0 aliphatic rings. The second kappa shape index (κ2) is 6.51. The summed E-state index contributed by atoms with van der Waals surface area (Å²) >= 11 is 0. The van der Waals surface area contributed by atoms with Crippen molar-refractivity contribution in [1.29, 1.82) is 0 Å². The number of H-pyrrole nitrogens is 1. The molecule has 1 N–H and O–H groups in total. The third kappa shape index (κ3) is 2.57. The first kappa shape index (κ1) is 16.1. The summed E-state index contributed by atoms with van der Waals surface area (Å²) in [7, 11) is 0. The number of pyridine rings is 2. The third-order valence-electron chi connectivity index (χ3n) is 4.08. The monoisotopic (exact) mass is 350 g/mol. The first-order valence-electron chi connectivity index (χ1n) is 8.47. The van der Waals surface area contributed by atoms with E-state index in [4.69, 9.17) is 9.47 Å². The molecule has 4 aromatic rings. The lowest BCUT2D eigenvalue weighted by atomic mass is 10.2. The van der Waals surface area contributed by atoms with E-state index in [0.29, 0.717) is 35.8 Å². The Balaban J connectivity index is 1.99. The first-order chi connectivity index (χ1) is 12.7. The molecule has 0 saturated carbocycles. The fourth-order valence-corrected chi connectivity index (χ4v) is 3.05. The molecule has 1 aromatic carbocycles. The van der Waals surface area contributed by atoms with Gasteiger partial charge in [0, 0.05) is 23.8 Å². The zero-order valence-electron chi connectivity index (χ0n) is 14.5. The second-order valence-corrected chi connectivity index (χ2v) is 5.65. The average molecular weight is 350 g/mol. The summed E-state index contributed by atoms with van der Waals surface area (Å²) in [5.74, 6) is 1.34. The number of rotatable bonds is 5. The lowest BCUT2D eigenvalue weighted by Gasteiger charge is -2.11. The number of hydrogen-bond donors (Lipinski definition) is 1. The minimum absolute atomic E-state index is 0.277. The standard InChI is InChI=1S/C19H18N4O3/c1-3-25-15-7-9-20-14-6-5-12(11-13(14)15)23-17-16(26-4-2)8-10-21-18(17)22-19(23)24/h5-11H,3-4H2,1-2H3,(H,21,22,24). The Kier molecular flexibility index (Phi) is 4.04. The molecule has 26 heavy (non-hydrogen) atoms. The number of imidazole rings is 1.